The van der Waals surface area contributed by atoms with Crippen molar-refractivity contribution in [3.05, 3.63) is 29.8 Å². The molecule has 130 valence electrons. The number of fused-ring (bicyclic) bond motifs is 1. The molecule has 5 nitrogen and oxygen atoms in total. The molecule has 4 rings (SSSR count). The second kappa shape index (κ2) is 5.74. The van der Waals surface area contributed by atoms with Crippen LogP contribution in [0.1, 0.15) is 37.7 Å². The fourth-order valence-corrected chi connectivity index (χ4v) is 4.89. The Kier molecular flexibility index (Phi) is 3.81. The first-order valence-corrected chi connectivity index (χ1v) is 9.15. The number of urea groups is 1. The van der Waals surface area contributed by atoms with Gasteiger partial charge in [0.25, 0.3) is 0 Å². The SMILES string of the molecule is CN(C)C1(c2ccc(N3C[C@@H]4[C@H](N)CCN4C3=O)cc2)CCCC1. The first kappa shape index (κ1) is 15.9. The molecule has 1 aliphatic carbocycles. The maximum atomic E-state index is 12.6. The van der Waals surface area contributed by atoms with Gasteiger partial charge in [-0.2, -0.15) is 0 Å². The van der Waals surface area contributed by atoms with Crippen molar-refractivity contribution in [2.45, 2.75) is 49.7 Å². The molecule has 0 radical (unpaired) electrons. The predicted molar refractivity (Wildman–Crippen MR) is 96.1 cm³/mol. The van der Waals surface area contributed by atoms with E-state index in [1.807, 2.05) is 9.80 Å². The summed E-state index contributed by atoms with van der Waals surface area (Å²) < 4.78 is 0. The van der Waals surface area contributed by atoms with E-state index in [4.69, 9.17) is 5.73 Å². The molecule has 3 aliphatic rings. The van der Waals surface area contributed by atoms with Crippen molar-refractivity contribution in [2.24, 2.45) is 5.73 Å². The van der Waals surface area contributed by atoms with Gasteiger partial charge in [0.15, 0.2) is 0 Å². The second-order valence-corrected chi connectivity index (χ2v) is 7.79. The molecule has 2 saturated heterocycles. The summed E-state index contributed by atoms with van der Waals surface area (Å²) in [7, 11) is 4.36. The van der Waals surface area contributed by atoms with Gasteiger partial charge >= 0.3 is 6.03 Å². The second-order valence-electron chi connectivity index (χ2n) is 7.79. The largest absolute Gasteiger partial charge is 0.326 e. The molecule has 2 aliphatic heterocycles. The maximum Gasteiger partial charge on any atom is 0.324 e. The Balaban J connectivity index is 1.58. The van der Waals surface area contributed by atoms with Crippen molar-refractivity contribution in [1.82, 2.24) is 9.80 Å². The molecule has 1 aromatic carbocycles. The molecule has 5 heteroatoms. The van der Waals surface area contributed by atoms with E-state index in [0.29, 0.717) is 0 Å². The number of carbonyl (C=O) groups excluding carboxylic acids is 1. The lowest BCUT2D eigenvalue weighted by Crippen LogP contribution is -2.38. The predicted octanol–water partition coefficient (Wildman–Crippen LogP) is 2.36. The van der Waals surface area contributed by atoms with Gasteiger partial charge in [-0.05, 0) is 51.1 Å². The van der Waals surface area contributed by atoms with Gasteiger partial charge < -0.3 is 10.6 Å². The number of nitrogens with two attached hydrogens (primary N) is 1. The topological polar surface area (TPSA) is 52.8 Å². The van der Waals surface area contributed by atoms with Crippen LogP contribution in [0, 0.1) is 0 Å². The lowest BCUT2D eigenvalue weighted by Gasteiger charge is -2.37. The number of amides is 2. The van der Waals surface area contributed by atoms with Crippen LogP contribution in [0.15, 0.2) is 24.3 Å². The van der Waals surface area contributed by atoms with Crippen molar-refractivity contribution >= 4 is 11.7 Å². The highest BCUT2D eigenvalue weighted by Gasteiger charge is 2.45. The van der Waals surface area contributed by atoms with Crippen LogP contribution in [-0.2, 0) is 5.54 Å². The highest BCUT2D eigenvalue weighted by molar-refractivity contribution is 5.95. The van der Waals surface area contributed by atoms with Crippen LogP contribution in [0.3, 0.4) is 0 Å². The number of nitrogens with zero attached hydrogens (tertiary/aromatic N) is 3. The third-order valence-electron chi connectivity index (χ3n) is 6.45. The van der Waals surface area contributed by atoms with Gasteiger partial charge in [0, 0.05) is 30.4 Å². The third-order valence-corrected chi connectivity index (χ3v) is 6.45. The minimum Gasteiger partial charge on any atom is -0.326 e. The van der Waals surface area contributed by atoms with Gasteiger partial charge in [0.1, 0.15) is 0 Å². The van der Waals surface area contributed by atoms with E-state index < -0.39 is 0 Å². The van der Waals surface area contributed by atoms with Crippen LogP contribution in [0.25, 0.3) is 0 Å². The van der Waals surface area contributed by atoms with Crippen LogP contribution in [0.2, 0.25) is 0 Å². The number of benzene rings is 1. The minimum absolute atomic E-state index is 0.115. The van der Waals surface area contributed by atoms with Crippen molar-refractivity contribution in [3.8, 4) is 0 Å². The van der Waals surface area contributed by atoms with Gasteiger partial charge in [-0.3, -0.25) is 9.80 Å². The summed E-state index contributed by atoms with van der Waals surface area (Å²) in [5.41, 5.74) is 8.69. The Morgan fingerprint density at radius 2 is 1.83 bits per heavy atom. The maximum absolute atomic E-state index is 12.6. The fraction of sp³-hybridized carbons (Fsp3) is 0.632. The zero-order valence-corrected chi connectivity index (χ0v) is 14.7. The van der Waals surface area contributed by atoms with Crippen molar-refractivity contribution < 1.29 is 4.79 Å². The van der Waals surface area contributed by atoms with Gasteiger partial charge in [0.2, 0.25) is 0 Å². The highest BCUT2D eigenvalue weighted by Crippen LogP contribution is 2.43. The van der Waals surface area contributed by atoms with E-state index in [1.54, 1.807) is 0 Å². The number of anilines is 1. The Labute approximate surface area is 144 Å². The number of rotatable bonds is 3. The molecule has 0 unspecified atom stereocenters. The molecule has 1 aromatic rings. The summed E-state index contributed by atoms with van der Waals surface area (Å²) in [5, 5.41) is 0. The standard InChI is InChI=1S/C19H28N4O/c1-21(2)19(10-3-4-11-19)14-5-7-15(8-6-14)23-13-17-16(20)9-12-22(17)18(23)24/h5-8,16-17H,3-4,9-13,20H2,1-2H3/t16-,17-/m1/s1. The molecule has 0 bridgehead atoms. The quantitative estimate of drug-likeness (QED) is 0.927. The number of carbonyl (C=O) groups is 1. The summed E-state index contributed by atoms with van der Waals surface area (Å²) >= 11 is 0. The summed E-state index contributed by atoms with van der Waals surface area (Å²) in [4.78, 5) is 18.8. The first-order chi connectivity index (χ1) is 11.5. The monoisotopic (exact) mass is 328 g/mol. The van der Waals surface area contributed by atoms with Crippen LogP contribution in [0.4, 0.5) is 10.5 Å². The van der Waals surface area contributed by atoms with Gasteiger partial charge in [0.05, 0.1) is 6.04 Å². The Bertz CT molecular complexity index is 621. The molecule has 0 spiro atoms. The molecule has 0 aromatic heterocycles. The van der Waals surface area contributed by atoms with Crippen LogP contribution in [0.5, 0.6) is 0 Å². The van der Waals surface area contributed by atoms with Crippen molar-refractivity contribution in [2.75, 3.05) is 32.1 Å². The van der Waals surface area contributed by atoms with Gasteiger partial charge in [-0.25, -0.2) is 4.79 Å². The molecular formula is C19H28N4O. The summed E-state index contributed by atoms with van der Waals surface area (Å²) in [6, 6.07) is 9.08. The van der Waals surface area contributed by atoms with E-state index in [1.165, 1.54) is 31.2 Å². The van der Waals surface area contributed by atoms with E-state index in [9.17, 15) is 4.79 Å². The molecule has 24 heavy (non-hydrogen) atoms. The minimum atomic E-state index is 0.115. The van der Waals surface area contributed by atoms with E-state index in [-0.39, 0.29) is 23.7 Å². The lowest BCUT2D eigenvalue weighted by atomic mass is 9.87. The van der Waals surface area contributed by atoms with Crippen molar-refractivity contribution in [3.63, 3.8) is 0 Å². The molecule has 1 saturated carbocycles. The lowest BCUT2D eigenvalue weighted by molar-refractivity contribution is 0.158. The van der Waals surface area contributed by atoms with Crippen LogP contribution in [-0.4, -0.2) is 55.1 Å². The normalized spacial score (nSPS) is 28.9. The van der Waals surface area contributed by atoms with Crippen LogP contribution >= 0.6 is 0 Å². The number of hydrogen-bond acceptors (Lipinski definition) is 3. The Morgan fingerprint density at radius 1 is 1.17 bits per heavy atom. The molecule has 2 amide bonds. The van der Waals surface area contributed by atoms with Gasteiger partial charge in [-0.15, -0.1) is 0 Å². The smallest absolute Gasteiger partial charge is 0.324 e. The third kappa shape index (κ3) is 2.25. The van der Waals surface area contributed by atoms with Crippen molar-refractivity contribution in [1.29, 1.82) is 0 Å². The first-order valence-electron chi connectivity index (χ1n) is 9.15. The average Bonchev–Trinajstić information content (AvgIpc) is 3.27. The van der Waals surface area contributed by atoms with Crippen LogP contribution < -0.4 is 10.6 Å². The molecular weight excluding hydrogens is 300 g/mol. The summed E-state index contributed by atoms with van der Waals surface area (Å²) in [6.45, 7) is 1.52. The molecule has 2 atom stereocenters. The zero-order valence-electron chi connectivity index (χ0n) is 14.7. The molecule has 2 N–H and O–H groups in total. The molecule has 2 heterocycles. The zero-order chi connectivity index (χ0) is 16.9. The highest BCUT2D eigenvalue weighted by atomic mass is 16.2. The Morgan fingerprint density at radius 3 is 2.42 bits per heavy atom. The number of hydrogen-bond donors (Lipinski definition) is 1. The average molecular weight is 328 g/mol. The summed E-state index contributed by atoms with van der Waals surface area (Å²) in [6.07, 6.45) is 5.94. The van der Waals surface area contributed by atoms with E-state index in [2.05, 4.69) is 43.3 Å². The summed E-state index contributed by atoms with van der Waals surface area (Å²) in [5.74, 6) is 0. The van der Waals surface area contributed by atoms with E-state index in [0.717, 1.165) is 25.2 Å². The van der Waals surface area contributed by atoms with Gasteiger partial charge in [-0.1, -0.05) is 25.0 Å². The Hall–Kier alpha value is -1.59. The van der Waals surface area contributed by atoms with E-state index >= 15 is 0 Å². The fourth-order valence-electron chi connectivity index (χ4n) is 4.89. The molecule has 3 fully saturated rings.